The van der Waals surface area contributed by atoms with Gasteiger partial charge in [-0.3, -0.25) is 9.78 Å². The number of hydrogen-bond acceptors (Lipinski definition) is 3. The molecule has 0 aliphatic rings. The molecule has 1 heterocycles. The maximum Gasteiger partial charge on any atom is 0.221 e. The number of fused-ring (bicyclic) bond motifs is 1. The second-order valence-electron chi connectivity index (χ2n) is 6.73. The van der Waals surface area contributed by atoms with E-state index < -0.39 is 6.04 Å². The lowest BCUT2D eigenvalue weighted by molar-refractivity contribution is -0.122. The second kappa shape index (κ2) is 7.87. The van der Waals surface area contributed by atoms with E-state index in [0.29, 0.717) is 17.5 Å². The molecule has 5 heteroatoms. The summed E-state index contributed by atoms with van der Waals surface area (Å²) in [6, 6.07) is 14.8. The number of rotatable bonds is 5. The fourth-order valence-electron chi connectivity index (χ4n) is 2.96. The van der Waals surface area contributed by atoms with E-state index in [1.54, 1.807) is 6.20 Å². The number of phenols is 1. The van der Waals surface area contributed by atoms with Crippen LogP contribution in [-0.2, 0) is 4.79 Å². The van der Waals surface area contributed by atoms with Gasteiger partial charge >= 0.3 is 0 Å². The van der Waals surface area contributed by atoms with Crippen LogP contribution in [0.15, 0.2) is 59.2 Å². The van der Waals surface area contributed by atoms with Gasteiger partial charge in [0.2, 0.25) is 5.91 Å². The van der Waals surface area contributed by atoms with E-state index in [1.165, 1.54) is 0 Å². The molecule has 0 radical (unpaired) electrons. The molecule has 3 aromatic rings. The SMILES string of the molecule is CC(C)CC(=O)NC(c1ccc(Br)cc1)c1ccc2cccnc2c1O. The Morgan fingerprint density at radius 2 is 1.88 bits per heavy atom. The highest BCUT2D eigenvalue weighted by atomic mass is 79.9. The molecule has 1 aromatic heterocycles. The number of nitrogens with one attached hydrogen (secondary N) is 1. The van der Waals surface area contributed by atoms with Crippen LogP contribution in [0.1, 0.15) is 37.4 Å². The summed E-state index contributed by atoms with van der Waals surface area (Å²) in [7, 11) is 0. The Balaban J connectivity index is 2.06. The number of hydrogen-bond donors (Lipinski definition) is 2. The molecule has 1 amide bonds. The summed E-state index contributed by atoms with van der Waals surface area (Å²) in [6.07, 6.45) is 2.08. The number of carbonyl (C=O) groups excluding carboxylic acids is 1. The number of phenolic OH excluding ortho intramolecular Hbond substituents is 1. The van der Waals surface area contributed by atoms with Crippen LogP contribution in [0.4, 0.5) is 0 Å². The van der Waals surface area contributed by atoms with Crippen LogP contribution in [0.5, 0.6) is 5.75 Å². The standard InChI is InChI=1S/C21H21BrN2O2/c1-13(2)12-18(25)24-19(15-5-8-16(22)9-6-15)17-10-7-14-4-3-11-23-20(14)21(17)26/h3-11,13,19,26H,12H2,1-2H3,(H,24,25). The van der Waals surface area contributed by atoms with Crippen molar-refractivity contribution in [2.75, 3.05) is 0 Å². The summed E-state index contributed by atoms with van der Waals surface area (Å²) in [5, 5.41) is 14.7. The molecule has 0 spiro atoms. The van der Waals surface area contributed by atoms with Crippen molar-refractivity contribution in [3.8, 4) is 5.75 Å². The van der Waals surface area contributed by atoms with Crippen molar-refractivity contribution in [2.24, 2.45) is 5.92 Å². The summed E-state index contributed by atoms with van der Waals surface area (Å²) in [5.74, 6) is 0.307. The van der Waals surface area contributed by atoms with Crippen molar-refractivity contribution in [1.29, 1.82) is 0 Å². The van der Waals surface area contributed by atoms with Gasteiger partial charge in [0, 0.05) is 28.0 Å². The average Bonchev–Trinajstić information content (AvgIpc) is 2.61. The van der Waals surface area contributed by atoms with Crippen LogP contribution in [-0.4, -0.2) is 16.0 Å². The van der Waals surface area contributed by atoms with Crippen LogP contribution < -0.4 is 5.32 Å². The van der Waals surface area contributed by atoms with E-state index in [0.717, 1.165) is 15.4 Å². The number of aromatic nitrogens is 1. The highest BCUT2D eigenvalue weighted by Crippen LogP contribution is 2.34. The van der Waals surface area contributed by atoms with E-state index in [4.69, 9.17) is 0 Å². The minimum Gasteiger partial charge on any atom is -0.505 e. The first-order chi connectivity index (χ1) is 12.5. The number of pyridine rings is 1. The van der Waals surface area contributed by atoms with Crippen molar-refractivity contribution >= 4 is 32.7 Å². The zero-order valence-corrected chi connectivity index (χ0v) is 16.3. The topological polar surface area (TPSA) is 62.2 Å². The van der Waals surface area contributed by atoms with E-state index in [2.05, 4.69) is 26.2 Å². The Morgan fingerprint density at radius 3 is 2.58 bits per heavy atom. The van der Waals surface area contributed by atoms with Gasteiger partial charge in [0.15, 0.2) is 0 Å². The lowest BCUT2D eigenvalue weighted by Gasteiger charge is -2.22. The van der Waals surface area contributed by atoms with Crippen molar-refractivity contribution in [1.82, 2.24) is 10.3 Å². The maximum atomic E-state index is 12.4. The first-order valence-corrected chi connectivity index (χ1v) is 9.36. The number of halogens is 1. The average molecular weight is 413 g/mol. The molecule has 2 aromatic carbocycles. The molecule has 2 N–H and O–H groups in total. The van der Waals surface area contributed by atoms with Gasteiger partial charge < -0.3 is 10.4 Å². The maximum absolute atomic E-state index is 12.4. The lowest BCUT2D eigenvalue weighted by Crippen LogP contribution is -2.30. The molecule has 134 valence electrons. The van der Waals surface area contributed by atoms with Crippen molar-refractivity contribution in [3.63, 3.8) is 0 Å². The highest BCUT2D eigenvalue weighted by molar-refractivity contribution is 9.10. The molecule has 1 unspecified atom stereocenters. The quantitative estimate of drug-likeness (QED) is 0.622. The molecule has 0 aliphatic heterocycles. The van der Waals surface area contributed by atoms with Gasteiger partial charge in [0.05, 0.1) is 6.04 Å². The molecule has 0 bridgehead atoms. The van der Waals surface area contributed by atoms with Gasteiger partial charge in [-0.25, -0.2) is 0 Å². The molecule has 0 saturated heterocycles. The Morgan fingerprint density at radius 1 is 1.15 bits per heavy atom. The first kappa shape index (κ1) is 18.4. The van der Waals surface area contributed by atoms with Crippen LogP contribution in [0, 0.1) is 5.92 Å². The third-order valence-corrected chi connectivity index (χ3v) is 4.72. The smallest absolute Gasteiger partial charge is 0.221 e. The number of aromatic hydroxyl groups is 1. The largest absolute Gasteiger partial charge is 0.505 e. The van der Waals surface area contributed by atoms with E-state index in [1.807, 2.05) is 62.4 Å². The predicted molar refractivity (Wildman–Crippen MR) is 107 cm³/mol. The third-order valence-electron chi connectivity index (χ3n) is 4.19. The van der Waals surface area contributed by atoms with E-state index in [9.17, 15) is 9.90 Å². The van der Waals surface area contributed by atoms with Crippen molar-refractivity contribution < 1.29 is 9.90 Å². The van der Waals surface area contributed by atoms with Gasteiger partial charge in [0.1, 0.15) is 11.3 Å². The Kier molecular flexibility index (Phi) is 5.57. The fraction of sp³-hybridized carbons (Fsp3) is 0.238. The van der Waals surface area contributed by atoms with Gasteiger partial charge in [-0.15, -0.1) is 0 Å². The van der Waals surface area contributed by atoms with Crippen LogP contribution in [0.25, 0.3) is 10.9 Å². The zero-order valence-electron chi connectivity index (χ0n) is 14.7. The van der Waals surface area contributed by atoms with Crippen LogP contribution in [0.2, 0.25) is 0 Å². The summed E-state index contributed by atoms with van der Waals surface area (Å²) < 4.78 is 0.956. The summed E-state index contributed by atoms with van der Waals surface area (Å²) in [6.45, 7) is 4.01. The minimum atomic E-state index is -0.444. The zero-order chi connectivity index (χ0) is 18.7. The molecule has 0 saturated carbocycles. The number of amides is 1. The molecule has 0 aliphatic carbocycles. The molecule has 4 nitrogen and oxygen atoms in total. The summed E-state index contributed by atoms with van der Waals surface area (Å²) in [4.78, 5) is 16.7. The second-order valence-corrected chi connectivity index (χ2v) is 7.64. The lowest BCUT2D eigenvalue weighted by atomic mass is 9.96. The predicted octanol–water partition coefficient (Wildman–Crippen LogP) is 4.95. The van der Waals surface area contributed by atoms with Gasteiger partial charge in [0.25, 0.3) is 0 Å². The monoisotopic (exact) mass is 412 g/mol. The molecular formula is C21H21BrN2O2. The molecule has 3 rings (SSSR count). The molecule has 1 atom stereocenters. The summed E-state index contributed by atoms with van der Waals surface area (Å²) >= 11 is 3.43. The molecule has 26 heavy (non-hydrogen) atoms. The van der Waals surface area contributed by atoms with Crippen LogP contribution in [0.3, 0.4) is 0 Å². The summed E-state index contributed by atoms with van der Waals surface area (Å²) in [5.41, 5.74) is 2.07. The van der Waals surface area contributed by atoms with Gasteiger partial charge in [-0.2, -0.15) is 0 Å². The minimum absolute atomic E-state index is 0.0477. The first-order valence-electron chi connectivity index (χ1n) is 8.57. The van der Waals surface area contributed by atoms with E-state index >= 15 is 0 Å². The Hall–Kier alpha value is -2.40. The number of carbonyl (C=O) groups is 1. The third kappa shape index (κ3) is 4.05. The number of benzene rings is 2. The van der Waals surface area contributed by atoms with Crippen molar-refractivity contribution in [3.05, 3.63) is 70.3 Å². The van der Waals surface area contributed by atoms with Crippen molar-refractivity contribution in [2.45, 2.75) is 26.3 Å². The number of nitrogens with zero attached hydrogens (tertiary/aromatic N) is 1. The Labute approximate surface area is 161 Å². The van der Waals surface area contributed by atoms with Gasteiger partial charge in [-0.05, 0) is 29.7 Å². The highest BCUT2D eigenvalue weighted by Gasteiger charge is 2.22. The van der Waals surface area contributed by atoms with E-state index in [-0.39, 0.29) is 17.6 Å². The fourth-order valence-corrected chi connectivity index (χ4v) is 3.23. The molecular weight excluding hydrogens is 392 g/mol. The van der Waals surface area contributed by atoms with Crippen LogP contribution >= 0.6 is 15.9 Å². The Bertz CT molecular complexity index is 923. The van der Waals surface area contributed by atoms with Gasteiger partial charge in [-0.1, -0.05) is 60.1 Å². The molecule has 0 fully saturated rings. The normalized spacial score (nSPS) is 12.3.